The fourth-order valence-corrected chi connectivity index (χ4v) is 18.0. The number of rotatable bonds is 10. The summed E-state index contributed by atoms with van der Waals surface area (Å²) in [5.41, 5.74) is 0. The summed E-state index contributed by atoms with van der Waals surface area (Å²) < 4.78 is 8.37. The molecule has 2 fully saturated rings. The summed E-state index contributed by atoms with van der Waals surface area (Å²) in [4.78, 5) is 5.46. The maximum atomic E-state index is 8.37. The Balaban J connectivity index is 1.59. The van der Waals surface area contributed by atoms with Crippen LogP contribution in [0.25, 0.3) is 0 Å². The Hall–Kier alpha value is -2.81. The first-order valence-electron chi connectivity index (χ1n) is 15.7. The molecule has 0 amide bonds. The van der Waals surface area contributed by atoms with Gasteiger partial charge in [0.25, 0.3) is 16.6 Å². The second-order valence-corrected chi connectivity index (χ2v) is 19.0. The van der Waals surface area contributed by atoms with Crippen molar-refractivity contribution in [2.24, 2.45) is 0 Å². The summed E-state index contributed by atoms with van der Waals surface area (Å²) in [5.74, 6) is 0. The van der Waals surface area contributed by atoms with Crippen LogP contribution in [-0.4, -0.2) is 64.9 Å². The Bertz CT molecular complexity index is 1140. The van der Waals surface area contributed by atoms with Gasteiger partial charge in [0.15, 0.2) is 0 Å². The molecule has 4 aromatic rings. The van der Waals surface area contributed by atoms with Gasteiger partial charge in [0.2, 0.25) is 0 Å². The SMILES string of the molecule is c1ccc([Si](CN2CCCCC2)(O[Si](CN2CCCCC2)(c2ccccc2)c2ccccc2)c2ccccc2)cc1. The van der Waals surface area contributed by atoms with Crippen molar-refractivity contribution in [3.63, 3.8) is 0 Å². The first-order chi connectivity index (χ1) is 20.3. The van der Waals surface area contributed by atoms with E-state index in [9.17, 15) is 0 Å². The minimum absolute atomic E-state index is 0.995. The Morgan fingerprint density at radius 1 is 0.390 bits per heavy atom. The zero-order valence-corrected chi connectivity index (χ0v) is 26.3. The maximum absolute atomic E-state index is 8.37. The molecule has 0 N–H and O–H groups in total. The van der Waals surface area contributed by atoms with E-state index in [0.717, 1.165) is 38.5 Å². The van der Waals surface area contributed by atoms with Crippen LogP contribution in [0.15, 0.2) is 121 Å². The van der Waals surface area contributed by atoms with E-state index in [-0.39, 0.29) is 0 Å². The summed E-state index contributed by atoms with van der Waals surface area (Å²) in [5, 5.41) is 5.55. The van der Waals surface area contributed by atoms with Crippen LogP contribution in [-0.2, 0) is 4.12 Å². The fraction of sp³-hybridized carbons (Fsp3) is 0.333. The lowest BCUT2D eigenvalue weighted by molar-refractivity contribution is 0.245. The molecule has 3 nitrogen and oxygen atoms in total. The van der Waals surface area contributed by atoms with Gasteiger partial charge in [0.05, 0.1) is 0 Å². The molecule has 41 heavy (non-hydrogen) atoms. The van der Waals surface area contributed by atoms with Gasteiger partial charge in [-0.3, -0.25) is 0 Å². The molecule has 0 bridgehead atoms. The first-order valence-corrected chi connectivity index (χ1v) is 19.9. The van der Waals surface area contributed by atoms with Crippen molar-refractivity contribution in [1.82, 2.24) is 9.80 Å². The molecule has 2 heterocycles. The lowest BCUT2D eigenvalue weighted by atomic mass is 10.1. The highest BCUT2D eigenvalue weighted by molar-refractivity contribution is 7.09. The highest BCUT2D eigenvalue weighted by Crippen LogP contribution is 2.23. The molecule has 0 spiro atoms. The zero-order chi connectivity index (χ0) is 27.8. The van der Waals surface area contributed by atoms with E-state index in [0.29, 0.717) is 0 Å². The van der Waals surface area contributed by atoms with Crippen LogP contribution in [0.5, 0.6) is 0 Å². The standard InChI is InChI=1S/C36H44N2OSi2/c1-7-19-33(20-8-1)40(34-21-9-2-10-22-34,31-37-27-15-5-16-28-37)39-41(35-23-11-3-12-24-35,36-25-13-4-14-26-36)32-38-29-17-6-18-30-38/h1-4,7-14,19-26H,5-6,15-18,27-32H2. The third kappa shape index (κ3) is 6.35. The molecule has 0 aliphatic carbocycles. The van der Waals surface area contributed by atoms with Crippen LogP contribution in [0.2, 0.25) is 0 Å². The molecule has 0 atom stereocenters. The van der Waals surface area contributed by atoms with Crippen LogP contribution in [0.1, 0.15) is 38.5 Å². The minimum Gasteiger partial charge on any atom is -0.440 e. The number of benzene rings is 4. The average Bonchev–Trinajstić information content (AvgIpc) is 3.06. The van der Waals surface area contributed by atoms with Crippen LogP contribution in [0.4, 0.5) is 0 Å². The lowest BCUT2D eigenvalue weighted by Crippen LogP contribution is -2.78. The molecule has 0 aromatic heterocycles. The summed E-state index contributed by atoms with van der Waals surface area (Å²) in [6.45, 7) is 4.65. The molecule has 0 radical (unpaired) electrons. The van der Waals surface area contributed by atoms with Gasteiger partial charge in [-0.05, 0) is 72.6 Å². The van der Waals surface area contributed by atoms with Gasteiger partial charge in [-0.1, -0.05) is 134 Å². The smallest absolute Gasteiger partial charge is 0.259 e. The van der Waals surface area contributed by atoms with Crippen molar-refractivity contribution < 1.29 is 4.12 Å². The molecule has 2 aliphatic heterocycles. The van der Waals surface area contributed by atoms with Gasteiger partial charge >= 0.3 is 0 Å². The number of piperidine rings is 2. The molecule has 0 saturated carbocycles. The quantitative estimate of drug-likeness (QED) is 0.257. The zero-order valence-electron chi connectivity index (χ0n) is 24.3. The maximum Gasteiger partial charge on any atom is 0.259 e. The lowest BCUT2D eigenvalue weighted by Gasteiger charge is -2.47. The van der Waals surface area contributed by atoms with E-state index >= 15 is 0 Å². The van der Waals surface area contributed by atoms with Crippen molar-refractivity contribution in [2.75, 3.05) is 38.5 Å². The Labute approximate surface area is 249 Å². The second kappa shape index (κ2) is 13.4. The van der Waals surface area contributed by atoms with E-state index in [1.165, 1.54) is 59.3 Å². The number of hydrogen-bond acceptors (Lipinski definition) is 3. The fourth-order valence-electron chi connectivity index (χ4n) is 6.99. The molecular formula is C36H44N2OSi2. The van der Waals surface area contributed by atoms with E-state index in [1.807, 2.05) is 0 Å². The van der Waals surface area contributed by atoms with Crippen LogP contribution < -0.4 is 20.7 Å². The molecular weight excluding hydrogens is 533 g/mol. The van der Waals surface area contributed by atoms with E-state index in [4.69, 9.17) is 4.12 Å². The number of nitrogens with zero attached hydrogens (tertiary/aromatic N) is 2. The van der Waals surface area contributed by atoms with E-state index in [2.05, 4.69) is 131 Å². The average molecular weight is 577 g/mol. The molecule has 0 unspecified atom stereocenters. The van der Waals surface area contributed by atoms with Crippen molar-refractivity contribution >= 4 is 37.4 Å². The van der Waals surface area contributed by atoms with Gasteiger partial charge in [0.1, 0.15) is 0 Å². The summed E-state index contributed by atoms with van der Waals surface area (Å²) in [6, 6.07) is 45.3. The summed E-state index contributed by atoms with van der Waals surface area (Å²) in [7, 11) is -5.52. The Morgan fingerprint density at radius 2 is 0.659 bits per heavy atom. The van der Waals surface area contributed by atoms with Gasteiger partial charge in [-0.2, -0.15) is 0 Å². The number of hydrogen-bond donors (Lipinski definition) is 0. The Morgan fingerprint density at radius 3 is 0.927 bits per heavy atom. The predicted molar refractivity (Wildman–Crippen MR) is 177 cm³/mol. The third-order valence-electron chi connectivity index (χ3n) is 9.10. The first kappa shape index (κ1) is 28.3. The Kier molecular flexibility index (Phi) is 9.29. The van der Waals surface area contributed by atoms with E-state index in [1.54, 1.807) is 0 Å². The topological polar surface area (TPSA) is 15.7 Å². The molecule has 2 saturated heterocycles. The van der Waals surface area contributed by atoms with Gasteiger partial charge in [-0.15, -0.1) is 0 Å². The normalized spacial score (nSPS) is 17.4. The monoisotopic (exact) mass is 576 g/mol. The molecule has 5 heteroatoms. The van der Waals surface area contributed by atoms with E-state index < -0.39 is 16.6 Å². The second-order valence-electron chi connectivity index (χ2n) is 11.9. The van der Waals surface area contributed by atoms with Crippen LogP contribution >= 0.6 is 0 Å². The van der Waals surface area contributed by atoms with Crippen LogP contribution in [0.3, 0.4) is 0 Å². The van der Waals surface area contributed by atoms with Crippen molar-refractivity contribution in [3.8, 4) is 0 Å². The van der Waals surface area contributed by atoms with Crippen molar-refractivity contribution in [3.05, 3.63) is 121 Å². The predicted octanol–water partition coefficient (Wildman–Crippen LogP) is 4.57. The summed E-state index contributed by atoms with van der Waals surface area (Å²) in [6.07, 6.45) is 9.78. The number of likely N-dealkylation sites (tertiary alicyclic amines) is 2. The largest absolute Gasteiger partial charge is 0.440 e. The molecule has 6 rings (SSSR count). The molecule has 2 aliphatic rings. The van der Waals surface area contributed by atoms with Crippen molar-refractivity contribution in [2.45, 2.75) is 38.5 Å². The molecule has 212 valence electrons. The highest BCUT2D eigenvalue weighted by atomic mass is 28.4. The van der Waals surface area contributed by atoms with Gasteiger partial charge < -0.3 is 13.9 Å². The highest BCUT2D eigenvalue weighted by Gasteiger charge is 2.52. The minimum atomic E-state index is -2.76. The van der Waals surface area contributed by atoms with Gasteiger partial charge in [0, 0.05) is 12.3 Å². The molecule has 4 aromatic carbocycles. The van der Waals surface area contributed by atoms with Crippen LogP contribution in [0, 0.1) is 0 Å². The summed E-state index contributed by atoms with van der Waals surface area (Å²) >= 11 is 0. The van der Waals surface area contributed by atoms with Crippen molar-refractivity contribution in [1.29, 1.82) is 0 Å². The third-order valence-corrected chi connectivity index (χ3v) is 18.7. The van der Waals surface area contributed by atoms with Gasteiger partial charge in [-0.25, -0.2) is 0 Å².